The van der Waals surface area contributed by atoms with E-state index in [9.17, 15) is 24.4 Å². The van der Waals surface area contributed by atoms with Crippen molar-refractivity contribution in [2.75, 3.05) is 24.5 Å². The molecule has 2 heterocycles. The Morgan fingerprint density at radius 2 is 1.51 bits per heavy atom. The van der Waals surface area contributed by atoms with E-state index in [1.54, 1.807) is 12.1 Å². The fourth-order valence-corrected chi connectivity index (χ4v) is 4.61. The van der Waals surface area contributed by atoms with Gasteiger partial charge in [-0.05, 0) is 23.3 Å². The molecule has 4 rings (SSSR count). The van der Waals surface area contributed by atoms with E-state index in [1.165, 1.54) is 4.90 Å². The van der Waals surface area contributed by atoms with Crippen LogP contribution < -0.4 is 10.2 Å². The van der Waals surface area contributed by atoms with Crippen LogP contribution in [0.15, 0.2) is 48.5 Å². The van der Waals surface area contributed by atoms with Crippen LogP contribution in [-0.4, -0.2) is 60.5 Å². The van der Waals surface area contributed by atoms with E-state index in [1.807, 2.05) is 41.3 Å². The predicted octanol–water partition coefficient (Wildman–Crippen LogP) is 1.52. The molecule has 0 spiro atoms. The topological polar surface area (TPSA) is 129 Å². The highest BCUT2D eigenvalue weighted by Gasteiger charge is 2.43. The van der Waals surface area contributed by atoms with Gasteiger partial charge in [-0.3, -0.25) is 19.2 Å². The van der Waals surface area contributed by atoms with Crippen LogP contribution in [0.5, 0.6) is 0 Å². The second kappa shape index (κ2) is 11.1. The van der Waals surface area contributed by atoms with Gasteiger partial charge in [0.1, 0.15) is 6.07 Å². The lowest BCUT2D eigenvalue weighted by Gasteiger charge is -2.41. The number of amides is 2. The van der Waals surface area contributed by atoms with Crippen LogP contribution in [0.4, 0.5) is 5.69 Å². The molecule has 10 heteroatoms. The summed E-state index contributed by atoms with van der Waals surface area (Å²) in [5.41, 5.74) is 3.32. The zero-order valence-corrected chi connectivity index (χ0v) is 20.7. The van der Waals surface area contributed by atoms with Gasteiger partial charge in [-0.15, -0.1) is 0 Å². The molecular formula is C27H28N4O6. The SMILES string of the molecule is CC(=O)O[C@@H](C(=O)NCC1CN(c2ccccc2C#N)C1)[C@@H](OC(C)=O)C(=O)N1Cc2ccccc2C1. The van der Waals surface area contributed by atoms with Crippen molar-refractivity contribution in [3.05, 3.63) is 65.2 Å². The number of hydrogen-bond acceptors (Lipinski definition) is 8. The van der Waals surface area contributed by atoms with Gasteiger partial charge in [-0.1, -0.05) is 36.4 Å². The zero-order chi connectivity index (χ0) is 26.5. The highest BCUT2D eigenvalue weighted by molar-refractivity contribution is 5.93. The molecule has 0 aliphatic carbocycles. The molecule has 10 nitrogen and oxygen atoms in total. The van der Waals surface area contributed by atoms with Gasteiger partial charge >= 0.3 is 11.9 Å². The summed E-state index contributed by atoms with van der Waals surface area (Å²) in [6.45, 7) is 4.34. The minimum absolute atomic E-state index is 0.0876. The van der Waals surface area contributed by atoms with Crippen LogP contribution in [0.1, 0.15) is 30.5 Å². The van der Waals surface area contributed by atoms with E-state index < -0.39 is 36.0 Å². The lowest BCUT2D eigenvalue weighted by atomic mass is 9.97. The van der Waals surface area contributed by atoms with Gasteiger partial charge in [-0.2, -0.15) is 5.26 Å². The molecule has 0 radical (unpaired) electrons. The zero-order valence-electron chi connectivity index (χ0n) is 20.7. The molecule has 2 amide bonds. The molecular weight excluding hydrogens is 476 g/mol. The molecule has 2 atom stereocenters. The van der Waals surface area contributed by atoms with E-state index in [2.05, 4.69) is 11.4 Å². The second-order valence-corrected chi connectivity index (χ2v) is 9.17. The van der Waals surface area contributed by atoms with Crippen molar-refractivity contribution in [3.63, 3.8) is 0 Å². The molecule has 1 saturated heterocycles. The van der Waals surface area contributed by atoms with Crippen LogP contribution in [0.25, 0.3) is 0 Å². The smallest absolute Gasteiger partial charge is 0.303 e. The van der Waals surface area contributed by atoms with E-state index in [0.717, 1.165) is 30.7 Å². The quantitative estimate of drug-likeness (QED) is 0.536. The van der Waals surface area contributed by atoms with E-state index in [4.69, 9.17) is 9.47 Å². The summed E-state index contributed by atoms with van der Waals surface area (Å²) in [5.74, 6) is -2.80. The maximum atomic E-state index is 13.4. The predicted molar refractivity (Wildman–Crippen MR) is 132 cm³/mol. The van der Waals surface area contributed by atoms with Crippen LogP contribution in [0.2, 0.25) is 0 Å². The van der Waals surface area contributed by atoms with Crippen molar-refractivity contribution >= 4 is 29.4 Å². The number of benzene rings is 2. The number of rotatable bonds is 8. The van der Waals surface area contributed by atoms with Crippen LogP contribution in [-0.2, 0) is 41.7 Å². The van der Waals surface area contributed by atoms with Gasteiger partial charge in [0, 0.05) is 52.5 Å². The number of fused-ring (bicyclic) bond motifs is 1. The van der Waals surface area contributed by atoms with E-state index >= 15 is 0 Å². The first-order valence-electron chi connectivity index (χ1n) is 12.0. The summed E-state index contributed by atoms with van der Waals surface area (Å²) in [6, 6.07) is 17.0. The molecule has 2 aromatic rings. The van der Waals surface area contributed by atoms with E-state index in [0.29, 0.717) is 31.7 Å². The largest absolute Gasteiger partial charge is 0.448 e. The molecule has 0 unspecified atom stereocenters. The number of carbonyl (C=O) groups excluding carboxylic acids is 4. The maximum absolute atomic E-state index is 13.4. The van der Waals surface area contributed by atoms with Gasteiger partial charge in [-0.25, -0.2) is 0 Å². The maximum Gasteiger partial charge on any atom is 0.303 e. The fraction of sp³-hybridized carbons (Fsp3) is 0.370. The molecule has 1 N–H and O–H groups in total. The van der Waals surface area contributed by atoms with Crippen LogP contribution >= 0.6 is 0 Å². The van der Waals surface area contributed by atoms with Crippen LogP contribution in [0.3, 0.4) is 0 Å². The monoisotopic (exact) mass is 504 g/mol. The first-order valence-corrected chi connectivity index (χ1v) is 12.0. The molecule has 192 valence electrons. The Hall–Kier alpha value is -4.39. The molecule has 0 bridgehead atoms. The van der Waals surface area contributed by atoms with Gasteiger partial charge < -0.3 is 24.6 Å². The third-order valence-corrected chi connectivity index (χ3v) is 6.40. The van der Waals surface area contributed by atoms with Crippen LogP contribution in [0, 0.1) is 17.2 Å². The average molecular weight is 505 g/mol. The molecule has 2 aliphatic heterocycles. The standard InChI is InChI=1S/C27H28N4O6/c1-17(32)36-24(25(37-18(2)33)27(35)31-15-21-8-3-4-9-22(21)16-31)26(34)29-12-19-13-30(14-19)23-10-6-5-7-20(23)11-28/h3-10,19,24-25H,12-16H2,1-2H3,(H,29,34)/t24-,25-/m1/s1. The Labute approximate surface area is 214 Å². The van der Waals surface area contributed by atoms with Gasteiger partial charge in [0.15, 0.2) is 0 Å². The number of carbonyl (C=O) groups is 4. The molecule has 0 aromatic heterocycles. The molecule has 2 aliphatic rings. The first kappa shape index (κ1) is 25.7. The summed E-state index contributed by atoms with van der Waals surface area (Å²) in [5, 5.41) is 12.0. The van der Waals surface area contributed by atoms with Crippen molar-refractivity contribution in [1.29, 1.82) is 5.26 Å². The fourth-order valence-electron chi connectivity index (χ4n) is 4.61. The Kier molecular flexibility index (Phi) is 7.72. The normalized spacial score (nSPS) is 16.0. The summed E-state index contributed by atoms with van der Waals surface area (Å²) in [4.78, 5) is 53.7. The van der Waals surface area contributed by atoms with Gasteiger partial charge in [0.05, 0.1) is 11.3 Å². The number of para-hydroxylation sites is 1. The highest BCUT2D eigenvalue weighted by atomic mass is 16.6. The Bertz CT molecular complexity index is 1220. The number of nitriles is 1. The highest BCUT2D eigenvalue weighted by Crippen LogP contribution is 2.28. The van der Waals surface area contributed by atoms with Crippen molar-refractivity contribution < 1.29 is 28.7 Å². The molecule has 0 saturated carbocycles. The lowest BCUT2D eigenvalue weighted by molar-refractivity contribution is -0.178. The summed E-state index contributed by atoms with van der Waals surface area (Å²) in [7, 11) is 0. The summed E-state index contributed by atoms with van der Waals surface area (Å²) in [6.07, 6.45) is -3.25. The first-order chi connectivity index (χ1) is 17.8. The molecule has 2 aromatic carbocycles. The second-order valence-electron chi connectivity index (χ2n) is 9.17. The average Bonchev–Trinajstić information content (AvgIpc) is 3.29. The Balaban J connectivity index is 1.41. The minimum atomic E-state index is -1.63. The molecule has 37 heavy (non-hydrogen) atoms. The van der Waals surface area contributed by atoms with Crippen molar-refractivity contribution in [3.8, 4) is 6.07 Å². The number of nitrogens with one attached hydrogen (secondary N) is 1. The third kappa shape index (κ3) is 5.89. The third-order valence-electron chi connectivity index (χ3n) is 6.40. The Morgan fingerprint density at radius 1 is 0.946 bits per heavy atom. The Morgan fingerprint density at radius 3 is 2.11 bits per heavy atom. The van der Waals surface area contributed by atoms with E-state index in [-0.39, 0.29) is 12.5 Å². The number of esters is 2. The lowest BCUT2D eigenvalue weighted by Crippen LogP contribution is -2.56. The van der Waals surface area contributed by atoms with Gasteiger partial charge in [0.25, 0.3) is 11.8 Å². The number of anilines is 1. The van der Waals surface area contributed by atoms with Gasteiger partial charge in [0.2, 0.25) is 12.2 Å². The number of ether oxygens (including phenoxy) is 2. The van der Waals surface area contributed by atoms with Crippen molar-refractivity contribution in [1.82, 2.24) is 10.2 Å². The number of nitrogens with zero attached hydrogens (tertiary/aromatic N) is 3. The number of hydrogen-bond donors (Lipinski definition) is 1. The minimum Gasteiger partial charge on any atom is -0.448 e. The molecule has 1 fully saturated rings. The van der Waals surface area contributed by atoms with Crippen molar-refractivity contribution in [2.45, 2.75) is 39.1 Å². The summed E-state index contributed by atoms with van der Waals surface area (Å²) < 4.78 is 10.5. The summed E-state index contributed by atoms with van der Waals surface area (Å²) >= 11 is 0. The van der Waals surface area contributed by atoms with Crippen molar-refractivity contribution in [2.24, 2.45) is 5.92 Å².